The number of ether oxygens (including phenoxy) is 2. The molecule has 0 spiro atoms. The molecule has 31 heavy (non-hydrogen) atoms. The van der Waals surface area contributed by atoms with E-state index in [2.05, 4.69) is 9.88 Å². The molecule has 1 N–H and O–H groups in total. The summed E-state index contributed by atoms with van der Waals surface area (Å²) in [6.07, 6.45) is 0. The molecule has 0 bridgehead atoms. The van der Waals surface area contributed by atoms with Gasteiger partial charge in [-0.15, -0.1) is 11.3 Å². The number of Topliss-reactive ketones (excluding diaryl/α,β-unsaturated/α-hetero) is 1. The van der Waals surface area contributed by atoms with E-state index in [4.69, 9.17) is 9.47 Å². The third kappa shape index (κ3) is 5.40. The second-order valence-corrected chi connectivity index (χ2v) is 7.95. The van der Waals surface area contributed by atoms with E-state index in [0.717, 1.165) is 11.4 Å². The Morgan fingerprint density at radius 2 is 1.84 bits per heavy atom. The number of carbonyl (C=O) groups is 3. The molecular weight excluding hydrogens is 416 g/mol. The molecule has 1 aromatic carbocycles. The molecule has 2 heterocycles. The number of rotatable bonds is 9. The SMILES string of the molecule is COc1ccccc1C(=O)NCC(=O)OCC(=O)c1cc(C)n(Cc2cccs2)c1C. The van der Waals surface area contributed by atoms with Gasteiger partial charge in [-0.25, -0.2) is 0 Å². The fourth-order valence-corrected chi connectivity index (χ4v) is 3.93. The van der Waals surface area contributed by atoms with Gasteiger partial charge in [-0.1, -0.05) is 18.2 Å². The molecule has 3 aromatic rings. The number of para-hydroxylation sites is 1. The number of benzene rings is 1. The van der Waals surface area contributed by atoms with Crippen LogP contribution in [-0.2, 0) is 16.1 Å². The highest BCUT2D eigenvalue weighted by atomic mass is 32.1. The number of ketones is 1. The van der Waals surface area contributed by atoms with Crippen molar-refractivity contribution < 1.29 is 23.9 Å². The number of carbonyl (C=O) groups excluding carboxylic acids is 3. The summed E-state index contributed by atoms with van der Waals surface area (Å²) in [6.45, 7) is 3.78. The Morgan fingerprint density at radius 1 is 1.06 bits per heavy atom. The van der Waals surface area contributed by atoms with Gasteiger partial charge in [0, 0.05) is 21.8 Å². The van der Waals surface area contributed by atoms with Crippen LogP contribution in [0.1, 0.15) is 37.0 Å². The quantitative estimate of drug-likeness (QED) is 0.407. The maximum Gasteiger partial charge on any atom is 0.325 e. The van der Waals surface area contributed by atoms with Crippen molar-refractivity contribution in [1.29, 1.82) is 0 Å². The van der Waals surface area contributed by atoms with Gasteiger partial charge in [-0.3, -0.25) is 14.4 Å². The number of nitrogens with one attached hydrogen (secondary N) is 1. The van der Waals surface area contributed by atoms with Gasteiger partial charge in [0.05, 0.1) is 19.2 Å². The van der Waals surface area contributed by atoms with E-state index in [-0.39, 0.29) is 18.9 Å². The van der Waals surface area contributed by atoms with E-state index in [1.54, 1.807) is 35.6 Å². The minimum absolute atomic E-state index is 0.282. The Bertz CT molecular complexity index is 1090. The number of hydrogen-bond acceptors (Lipinski definition) is 6. The molecule has 0 aliphatic rings. The normalized spacial score (nSPS) is 10.5. The van der Waals surface area contributed by atoms with Crippen molar-refractivity contribution >= 4 is 29.0 Å². The highest BCUT2D eigenvalue weighted by Crippen LogP contribution is 2.20. The van der Waals surface area contributed by atoms with Gasteiger partial charge >= 0.3 is 5.97 Å². The molecule has 0 fully saturated rings. The van der Waals surface area contributed by atoms with Crippen molar-refractivity contribution in [1.82, 2.24) is 9.88 Å². The van der Waals surface area contributed by atoms with Crippen molar-refractivity contribution in [2.45, 2.75) is 20.4 Å². The zero-order valence-electron chi connectivity index (χ0n) is 17.6. The maximum absolute atomic E-state index is 12.6. The fourth-order valence-electron chi connectivity index (χ4n) is 3.24. The summed E-state index contributed by atoms with van der Waals surface area (Å²) in [5.74, 6) is -1.03. The van der Waals surface area contributed by atoms with Gasteiger partial charge in [-0.2, -0.15) is 0 Å². The molecule has 3 rings (SSSR count). The van der Waals surface area contributed by atoms with Gasteiger partial charge in [0.1, 0.15) is 12.3 Å². The number of aromatic nitrogens is 1. The number of nitrogens with zero attached hydrogens (tertiary/aromatic N) is 1. The van der Waals surface area contributed by atoms with Gasteiger partial charge in [0.15, 0.2) is 6.61 Å². The highest BCUT2D eigenvalue weighted by Gasteiger charge is 2.18. The summed E-state index contributed by atoms with van der Waals surface area (Å²) >= 11 is 1.66. The lowest BCUT2D eigenvalue weighted by Crippen LogP contribution is -2.31. The van der Waals surface area contributed by atoms with Gasteiger partial charge < -0.3 is 19.4 Å². The summed E-state index contributed by atoms with van der Waals surface area (Å²) in [6, 6.07) is 12.5. The average molecular weight is 441 g/mol. The fraction of sp³-hybridized carbons (Fsp3) is 0.261. The lowest BCUT2D eigenvalue weighted by molar-refractivity contribution is -0.141. The predicted molar refractivity (Wildman–Crippen MR) is 118 cm³/mol. The largest absolute Gasteiger partial charge is 0.496 e. The van der Waals surface area contributed by atoms with Crippen LogP contribution in [0.3, 0.4) is 0 Å². The number of hydrogen-bond donors (Lipinski definition) is 1. The molecule has 1 amide bonds. The first-order valence-corrected chi connectivity index (χ1v) is 10.6. The molecule has 0 atom stereocenters. The monoisotopic (exact) mass is 440 g/mol. The van der Waals surface area contributed by atoms with Crippen LogP contribution in [0, 0.1) is 13.8 Å². The Balaban J connectivity index is 1.53. The van der Waals surface area contributed by atoms with Crippen molar-refractivity contribution in [2.24, 2.45) is 0 Å². The predicted octanol–water partition coefficient (Wildman–Crippen LogP) is 3.38. The molecule has 162 valence electrons. The minimum Gasteiger partial charge on any atom is -0.496 e. The van der Waals surface area contributed by atoms with E-state index >= 15 is 0 Å². The Morgan fingerprint density at radius 3 is 2.55 bits per heavy atom. The number of aryl methyl sites for hydroxylation is 1. The lowest BCUT2D eigenvalue weighted by atomic mass is 10.1. The smallest absolute Gasteiger partial charge is 0.325 e. The van der Waals surface area contributed by atoms with Crippen LogP contribution in [0.4, 0.5) is 0 Å². The zero-order valence-corrected chi connectivity index (χ0v) is 18.5. The molecule has 0 saturated carbocycles. The third-order valence-corrected chi connectivity index (χ3v) is 5.74. The summed E-state index contributed by atoms with van der Waals surface area (Å²) in [5.41, 5.74) is 2.63. The van der Waals surface area contributed by atoms with Crippen LogP contribution >= 0.6 is 11.3 Å². The van der Waals surface area contributed by atoms with E-state index < -0.39 is 11.9 Å². The summed E-state index contributed by atoms with van der Waals surface area (Å²) < 4.78 is 12.3. The summed E-state index contributed by atoms with van der Waals surface area (Å²) in [7, 11) is 1.46. The van der Waals surface area contributed by atoms with Crippen molar-refractivity contribution in [3.8, 4) is 5.75 Å². The third-order valence-electron chi connectivity index (χ3n) is 4.88. The van der Waals surface area contributed by atoms with Crippen molar-refractivity contribution in [3.63, 3.8) is 0 Å². The first kappa shape index (κ1) is 22.3. The van der Waals surface area contributed by atoms with Crippen LogP contribution < -0.4 is 10.1 Å². The van der Waals surface area contributed by atoms with Crippen molar-refractivity contribution in [2.75, 3.05) is 20.3 Å². The molecule has 0 aliphatic carbocycles. The first-order chi connectivity index (χ1) is 14.9. The number of thiophene rings is 1. The number of esters is 1. The molecule has 0 unspecified atom stereocenters. The standard InChI is InChI=1S/C23H24N2O5S/c1-15-11-19(16(2)25(15)13-17-7-6-10-31-17)20(26)14-30-22(27)12-24-23(28)18-8-4-5-9-21(18)29-3/h4-11H,12-14H2,1-3H3,(H,24,28). The average Bonchev–Trinajstić information content (AvgIpc) is 3.39. The van der Waals surface area contributed by atoms with Crippen molar-refractivity contribution in [3.05, 3.63) is 75.2 Å². The molecule has 0 radical (unpaired) electrons. The molecule has 0 aliphatic heterocycles. The molecular formula is C23H24N2O5S. The number of amides is 1. The van der Waals surface area contributed by atoms with Crippen LogP contribution in [0.5, 0.6) is 5.75 Å². The van der Waals surface area contributed by atoms with Crippen LogP contribution in [0.25, 0.3) is 0 Å². The zero-order chi connectivity index (χ0) is 22.4. The Kier molecular flexibility index (Phi) is 7.25. The first-order valence-electron chi connectivity index (χ1n) is 9.70. The van der Waals surface area contributed by atoms with Crippen LogP contribution in [-0.4, -0.2) is 42.5 Å². The van der Waals surface area contributed by atoms with Gasteiger partial charge in [-0.05, 0) is 43.5 Å². The van der Waals surface area contributed by atoms with Gasteiger partial charge in [0.25, 0.3) is 5.91 Å². The van der Waals surface area contributed by atoms with Crippen LogP contribution in [0.15, 0.2) is 47.8 Å². The number of methoxy groups -OCH3 is 1. The Labute approximate surface area is 184 Å². The van der Waals surface area contributed by atoms with E-state index in [9.17, 15) is 14.4 Å². The highest BCUT2D eigenvalue weighted by molar-refractivity contribution is 7.09. The molecule has 2 aromatic heterocycles. The van der Waals surface area contributed by atoms with Crippen LogP contribution in [0.2, 0.25) is 0 Å². The lowest BCUT2D eigenvalue weighted by Gasteiger charge is -2.10. The maximum atomic E-state index is 12.6. The van der Waals surface area contributed by atoms with E-state index in [0.29, 0.717) is 23.4 Å². The second-order valence-electron chi connectivity index (χ2n) is 6.92. The molecule has 0 saturated heterocycles. The molecule has 8 heteroatoms. The summed E-state index contributed by atoms with van der Waals surface area (Å²) in [4.78, 5) is 38.0. The molecule has 7 nitrogen and oxygen atoms in total. The van der Waals surface area contributed by atoms with E-state index in [1.807, 2.05) is 37.4 Å². The topological polar surface area (TPSA) is 86.6 Å². The van der Waals surface area contributed by atoms with E-state index in [1.165, 1.54) is 12.0 Å². The van der Waals surface area contributed by atoms with Gasteiger partial charge in [0.2, 0.25) is 5.78 Å². The second kappa shape index (κ2) is 10.1. The minimum atomic E-state index is -0.691. The summed E-state index contributed by atoms with van der Waals surface area (Å²) in [5, 5.41) is 4.49. The Hall–Kier alpha value is -3.39.